The van der Waals surface area contributed by atoms with Gasteiger partial charge in [-0.15, -0.1) is 5.10 Å². The monoisotopic (exact) mass is 456 g/mol. The van der Waals surface area contributed by atoms with Crippen molar-refractivity contribution in [3.63, 3.8) is 0 Å². The van der Waals surface area contributed by atoms with Gasteiger partial charge in [-0.1, -0.05) is 6.07 Å². The minimum atomic E-state index is 0.571. The molecule has 8 nitrogen and oxygen atoms in total. The zero-order valence-corrected chi connectivity index (χ0v) is 20.1. The van der Waals surface area contributed by atoms with Crippen molar-refractivity contribution in [1.82, 2.24) is 24.4 Å². The zero-order valence-electron chi connectivity index (χ0n) is 20.1. The standard InChI is InChI=1S/C26H28N6O2/c1-6-34-21-10-11-22(23(14-21)33-5)31-17(3)24-16(2)29-30-26(25(24)18(31)4)27-15-20-9-7-8-19-12-13-28-32(19)20/h7-14H,6,15H2,1-5H3,(H,27,30). The molecule has 0 aliphatic carbocycles. The van der Waals surface area contributed by atoms with Crippen molar-refractivity contribution >= 4 is 22.1 Å². The van der Waals surface area contributed by atoms with Crippen LogP contribution in [0.4, 0.5) is 5.82 Å². The molecular weight excluding hydrogens is 428 g/mol. The van der Waals surface area contributed by atoms with Gasteiger partial charge in [-0.3, -0.25) is 0 Å². The topological polar surface area (TPSA) is 78.5 Å². The lowest BCUT2D eigenvalue weighted by atomic mass is 10.1. The van der Waals surface area contributed by atoms with Gasteiger partial charge < -0.3 is 19.4 Å². The number of anilines is 1. The van der Waals surface area contributed by atoms with Crippen LogP contribution in [0.5, 0.6) is 11.5 Å². The molecule has 8 heteroatoms. The zero-order chi connectivity index (χ0) is 23.8. The van der Waals surface area contributed by atoms with E-state index >= 15 is 0 Å². The van der Waals surface area contributed by atoms with Gasteiger partial charge in [-0.25, -0.2) is 4.52 Å². The summed E-state index contributed by atoms with van der Waals surface area (Å²) < 4.78 is 15.5. The Morgan fingerprint density at radius 2 is 1.79 bits per heavy atom. The third-order valence-electron chi connectivity index (χ3n) is 6.18. The molecule has 0 spiro atoms. The molecule has 0 bridgehead atoms. The Morgan fingerprint density at radius 3 is 2.59 bits per heavy atom. The van der Waals surface area contributed by atoms with Crippen LogP contribution in [0.2, 0.25) is 0 Å². The molecule has 0 saturated carbocycles. The molecule has 174 valence electrons. The molecule has 0 aliphatic rings. The molecule has 0 radical (unpaired) electrons. The molecule has 0 atom stereocenters. The number of fused-ring (bicyclic) bond motifs is 2. The molecular formula is C26H28N6O2. The lowest BCUT2D eigenvalue weighted by molar-refractivity contribution is 0.336. The molecule has 5 aromatic rings. The van der Waals surface area contributed by atoms with Gasteiger partial charge >= 0.3 is 0 Å². The fraction of sp³-hybridized carbons (Fsp3) is 0.269. The summed E-state index contributed by atoms with van der Waals surface area (Å²) in [6, 6.07) is 14.1. The van der Waals surface area contributed by atoms with Crippen LogP contribution in [0.3, 0.4) is 0 Å². The van der Waals surface area contributed by atoms with Crippen molar-refractivity contribution in [3.05, 3.63) is 71.4 Å². The Hall–Kier alpha value is -4.07. The molecule has 0 aliphatic heterocycles. The van der Waals surface area contributed by atoms with E-state index in [1.54, 1.807) is 13.3 Å². The summed E-state index contributed by atoms with van der Waals surface area (Å²) in [5.41, 5.74) is 6.08. The van der Waals surface area contributed by atoms with Gasteiger partial charge in [-0.05, 0) is 58.0 Å². The summed E-state index contributed by atoms with van der Waals surface area (Å²) in [6.07, 6.45) is 1.81. The van der Waals surface area contributed by atoms with Gasteiger partial charge in [0.05, 0.1) is 42.9 Å². The Labute approximate surface area is 198 Å². The summed E-state index contributed by atoms with van der Waals surface area (Å²) in [7, 11) is 1.68. The maximum Gasteiger partial charge on any atom is 0.158 e. The third kappa shape index (κ3) is 3.51. The van der Waals surface area contributed by atoms with Crippen molar-refractivity contribution in [2.24, 2.45) is 0 Å². The first-order valence-electron chi connectivity index (χ1n) is 11.3. The SMILES string of the molecule is CCOc1ccc(-n2c(C)c3c(C)nnc(NCc4cccc5ccnn45)c3c2C)c(OC)c1. The molecule has 34 heavy (non-hydrogen) atoms. The average molecular weight is 457 g/mol. The molecule has 0 fully saturated rings. The average Bonchev–Trinajstić information content (AvgIpc) is 3.42. The minimum absolute atomic E-state index is 0.571. The van der Waals surface area contributed by atoms with Gasteiger partial charge in [0.25, 0.3) is 0 Å². The number of nitrogens with zero attached hydrogens (tertiary/aromatic N) is 5. The van der Waals surface area contributed by atoms with Crippen LogP contribution in [0.25, 0.3) is 22.0 Å². The number of aromatic nitrogens is 5. The molecule has 4 heterocycles. The highest BCUT2D eigenvalue weighted by Gasteiger charge is 2.21. The largest absolute Gasteiger partial charge is 0.494 e. The number of hydrogen-bond donors (Lipinski definition) is 1. The predicted molar refractivity (Wildman–Crippen MR) is 133 cm³/mol. The lowest BCUT2D eigenvalue weighted by Crippen LogP contribution is -2.08. The Balaban J connectivity index is 1.61. The van der Waals surface area contributed by atoms with Crippen LogP contribution in [0, 0.1) is 20.8 Å². The van der Waals surface area contributed by atoms with E-state index < -0.39 is 0 Å². The lowest BCUT2D eigenvalue weighted by Gasteiger charge is -2.15. The van der Waals surface area contributed by atoms with E-state index in [0.717, 1.165) is 62.1 Å². The molecule has 4 aromatic heterocycles. The number of nitrogens with one attached hydrogen (secondary N) is 1. The fourth-order valence-corrected chi connectivity index (χ4v) is 4.69. The summed E-state index contributed by atoms with van der Waals surface area (Å²) in [4.78, 5) is 0. The van der Waals surface area contributed by atoms with E-state index in [9.17, 15) is 0 Å². The van der Waals surface area contributed by atoms with Crippen LogP contribution in [-0.2, 0) is 6.54 Å². The summed E-state index contributed by atoms with van der Waals surface area (Å²) in [5, 5.41) is 19.1. The van der Waals surface area contributed by atoms with Crippen LogP contribution in [0.1, 0.15) is 29.7 Å². The molecule has 1 N–H and O–H groups in total. The van der Waals surface area contributed by atoms with E-state index in [4.69, 9.17) is 9.47 Å². The number of pyridine rings is 1. The molecule has 1 aromatic carbocycles. The summed E-state index contributed by atoms with van der Waals surface area (Å²) in [6.45, 7) is 9.35. The Morgan fingerprint density at radius 1 is 0.971 bits per heavy atom. The van der Waals surface area contributed by atoms with E-state index in [1.807, 2.05) is 54.8 Å². The second kappa shape index (κ2) is 8.70. The number of methoxy groups -OCH3 is 1. The second-order valence-corrected chi connectivity index (χ2v) is 8.20. The highest BCUT2D eigenvalue weighted by molar-refractivity contribution is 5.98. The van der Waals surface area contributed by atoms with Crippen LogP contribution in [-0.4, -0.2) is 38.1 Å². The first-order valence-corrected chi connectivity index (χ1v) is 11.3. The number of aryl methyl sites for hydroxylation is 3. The highest BCUT2D eigenvalue weighted by atomic mass is 16.5. The summed E-state index contributed by atoms with van der Waals surface area (Å²) in [5.74, 6) is 2.27. The first-order chi connectivity index (χ1) is 16.5. The quantitative estimate of drug-likeness (QED) is 0.371. The first kappa shape index (κ1) is 21.8. The van der Waals surface area contributed by atoms with Gasteiger partial charge in [0.2, 0.25) is 0 Å². The fourth-order valence-electron chi connectivity index (χ4n) is 4.69. The van der Waals surface area contributed by atoms with E-state index in [0.29, 0.717) is 13.2 Å². The second-order valence-electron chi connectivity index (χ2n) is 8.20. The maximum atomic E-state index is 5.73. The van der Waals surface area contributed by atoms with Gasteiger partial charge in [0, 0.05) is 34.4 Å². The summed E-state index contributed by atoms with van der Waals surface area (Å²) >= 11 is 0. The maximum absolute atomic E-state index is 5.73. The van der Waals surface area contributed by atoms with Crippen molar-refractivity contribution in [1.29, 1.82) is 0 Å². The van der Waals surface area contributed by atoms with Crippen molar-refractivity contribution < 1.29 is 9.47 Å². The van der Waals surface area contributed by atoms with Crippen molar-refractivity contribution in [2.45, 2.75) is 34.2 Å². The third-order valence-corrected chi connectivity index (χ3v) is 6.18. The van der Waals surface area contributed by atoms with Gasteiger partial charge in [0.1, 0.15) is 11.5 Å². The number of benzene rings is 1. The van der Waals surface area contributed by atoms with E-state index in [2.05, 4.69) is 45.1 Å². The van der Waals surface area contributed by atoms with Crippen molar-refractivity contribution in [3.8, 4) is 17.2 Å². The molecule has 0 amide bonds. The number of ether oxygens (including phenoxy) is 2. The van der Waals surface area contributed by atoms with Crippen LogP contribution >= 0.6 is 0 Å². The van der Waals surface area contributed by atoms with Crippen LogP contribution < -0.4 is 14.8 Å². The molecule has 0 unspecified atom stereocenters. The highest BCUT2D eigenvalue weighted by Crippen LogP contribution is 2.37. The predicted octanol–water partition coefficient (Wildman–Crippen LogP) is 5.01. The minimum Gasteiger partial charge on any atom is -0.494 e. The number of rotatable bonds is 7. The Kier molecular flexibility index (Phi) is 5.57. The van der Waals surface area contributed by atoms with Gasteiger partial charge in [0.15, 0.2) is 5.82 Å². The smallest absolute Gasteiger partial charge is 0.158 e. The molecule has 0 saturated heterocycles. The normalized spacial score (nSPS) is 11.3. The number of hydrogen-bond acceptors (Lipinski definition) is 6. The van der Waals surface area contributed by atoms with E-state index in [1.165, 1.54) is 0 Å². The van der Waals surface area contributed by atoms with Crippen molar-refractivity contribution in [2.75, 3.05) is 19.0 Å². The van der Waals surface area contributed by atoms with E-state index in [-0.39, 0.29) is 0 Å². The van der Waals surface area contributed by atoms with Gasteiger partial charge in [-0.2, -0.15) is 10.2 Å². The Bertz CT molecular complexity index is 1500. The molecule has 5 rings (SSSR count). The van der Waals surface area contributed by atoms with Crippen LogP contribution in [0.15, 0.2) is 48.7 Å².